The first kappa shape index (κ1) is 30.8. The lowest BCUT2D eigenvalue weighted by Crippen LogP contribution is -2.70. The van der Waals surface area contributed by atoms with Crippen LogP contribution >= 0.6 is 15.6 Å². The predicted molar refractivity (Wildman–Crippen MR) is 137 cm³/mol. The van der Waals surface area contributed by atoms with E-state index in [2.05, 4.69) is 30.9 Å². The number of carbonyl (C=O) groups is 1. The molecule has 5 unspecified atom stereocenters. The Balaban J connectivity index is 1.24. The highest BCUT2D eigenvalue weighted by Gasteiger charge is 2.56. The number of hydrogen-bond acceptors (Lipinski definition) is 17. The molecule has 5 aliphatic rings. The summed E-state index contributed by atoms with van der Waals surface area (Å²) in [4.78, 5) is 46.2. The number of aliphatic hydroxyl groups is 2. The molecular formula is C20H29FN8O12P2. The molecule has 20 nitrogen and oxygen atoms in total. The quantitative estimate of drug-likeness (QED) is 0.150. The van der Waals surface area contributed by atoms with Crippen LogP contribution in [0.1, 0.15) is 6.42 Å². The highest BCUT2D eigenvalue weighted by atomic mass is 31.2. The number of hydrogen-bond donors (Lipinski definition) is 8. The molecule has 23 heteroatoms. The monoisotopic (exact) mass is 654 g/mol. The first-order valence-electron chi connectivity index (χ1n) is 13.0. The number of fused-ring (bicyclic) bond motifs is 4. The molecular weight excluding hydrogens is 625 g/mol. The third kappa shape index (κ3) is 6.19. The molecule has 0 radical (unpaired) electrons. The SMILES string of the molecule is NC1NC(=O)C2N=CN([C@@H]3O[C@@H]4COP(=O)(O)O[C@@H]5[C@@H](COP(=O)(O)O[C@@H]3[C@@H]4O)C[C@@H](Nc3ncncc3F)[C@@H]5O)C2N1. The molecule has 4 aliphatic heterocycles. The van der Waals surface area contributed by atoms with E-state index in [9.17, 15) is 38.3 Å². The number of aliphatic imine (C=N–C) groups is 1. The third-order valence-corrected chi connectivity index (χ3v) is 9.60. The zero-order chi connectivity index (χ0) is 30.7. The summed E-state index contributed by atoms with van der Waals surface area (Å²) < 4.78 is 66.9. The summed E-state index contributed by atoms with van der Waals surface area (Å²) in [7, 11) is -10.00. The van der Waals surface area contributed by atoms with E-state index in [0.29, 0.717) is 0 Å². The van der Waals surface area contributed by atoms with E-state index in [1.165, 1.54) is 11.2 Å². The Bertz CT molecular complexity index is 1370. The maximum Gasteiger partial charge on any atom is 0.472 e. The Kier molecular flexibility index (Phi) is 8.31. The van der Waals surface area contributed by atoms with Crippen molar-refractivity contribution in [1.82, 2.24) is 25.5 Å². The van der Waals surface area contributed by atoms with Gasteiger partial charge >= 0.3 is 15.6 Å². The highest BCUT2D eigenvalue weighted by Crippen LogP contribution is 2.53. The molecule has 238 valence electrons. The first-order valence-corrected chi connectivity index (χ1v) is 16.0. The van der Waals surface area contributed by atoms with Gasteiger partial charge in [0, 0.05) is 5.92 Å². The molecule has 1 aromatic rings. The Labute approximate surface area is 241 Å². The average Bonchev–Trinajstić information content (AvgIpc) is 3.57. The second kappa shape index (κ2) is 11.6. The Morgan fingerprint density at radius 1 is 1.12 bits per heavy atom. The minimum atomic E-state index is -5.02. The first-order chi connectivity index (χ1) is 20.3. The van der Waals surface area contributed by atoms with E-state index in [-0.39, 0.29) is 12.2 Å². The second-order valence-electron chi connectivity index (χ2n) is 10.4. The summed E-state index contributed by atoms with van der Waals surface area (Å²) in [6.45, 7) is -1.42. The number of nitrogens with two attached hydrogens (primary N) is 1. The molecule has 1 saturated carbocycles. The van der Waals surface area contributed by atoms with Gasteiger partial charge in [0.2, 0.25) is 0 Å². The van der Waals surface area contributed by atoms with Gasteiger partial charge in [-0.3, -0.25) is 38.9 Å². The molecule has 0 spiro atoms. The fraction of sp³-hybridized carbons (Fsp3) is 0.700. The van der Waals surface area contributed by atoms with Crippen molar-refractivity contribution in [2.24, 2.45) is 16.6 Å². The van der Waals surface area contributed by atoms with Crippen molar-refractivity contribution in [2.45, 2.75) is 67.7 Å². The lowest BCUT2D eigenvalue weighted by Gasteiger charge is -2.39. The van der Waals surface area contributed by atoms with E-state index in [1.807, 2.05) is 0 Å². The van der Waals surface area contributed by atoms with Crippen molar-refractivity contribution >= 4 is 33.7 Å². The van der Waals surface area contributed by atoms with E-state index < -0.39 is 108 Å². The smallest absolute Gasteiger partial charge is 0.388 e. The Morgan fingerprint density at radius 2 is 1.84 bits per heavy atom. The molecule has 1 aliphatic carbocycles. The van der Waals surface area contributed by atoms with Crippen LogP contribution in [0.25, 0.3) is 0 Å². The van der Waals surface area contributed by atoms with Crippen molar-refractivity contribution < 1.29 is 61.1 Å². The number of ether oxygens (including phenoxy) is 1. The third-order valence-electron chi connectivity index (χ3n) is 7.63. The minimum absolute atomic E-state index is 0.100. The van der Waals surface area contributed by atoms with Gasteiger partial charge in [-0.05, 0) is 6.42 Å². The van der Waals surface area contributed by atoms with Gasteiger partial charge in [0.25, 0.3) is 5.91 Å². The highest BCUT2D eigenvalue weighted by molar-refractivity contribution is 7.47. The number of carbonyl (C=O) groups excluding carboxylic acids is 1. The molecule has 0 aromatic carbocycles. The topological polar surface area (TPSA) is 282 Å². The maximum absolute atomic E-state index is 14.1. The predicted octanol–water partition coefficient (Wildman–Crippen LogP) is -3.12. The normalized spacial score (nSPS) is 46.7. The molecule has 1 amide bonds. The van der Waals surface area contributed by atoms with Crippen LogP contribution in [-0.2, 0) is 36.8 Å². The number of nitrogens with zero attached hydrogens (tertiary/aromatic N) is 4. The van der Waals surface area contributed by atoms with Crippen molar-refractivity contribution in [3.8, 4) is 0 Å². The number of aromatic nitrogens is 2. The molecule has 5 heterocycles. The summed E-state index contributed by atoms with van der Waals surface area (Å²) in [6, 6.07) is -1.98. The molecule has 2 bridgehead atoms. The van der Waals surface area contributed by atoms with Crippen molar-refractivity contribution in [1.29, 1.82) is 0 Å². The van der Waals surface area contributed by atoms with Crippen LogP contribution in [0, 0.1) is 11.7 Å². The fourth-order valence-electron chi connectivity index (χ4n) is 5.63. The van der Waals surface area contributed by atoms with Gasteiger partial charge in [0.1, 0.15) is 49.3 Å². The van der Waals surface area contributed by atoms with E-state index in [0.717, 1.165) is 12.5 Å². The summed E-state index contributed by atoms with van der Waals surface area (Å²) in [6.07, 6.45) is -8.01. The molecule has 1 aromatic heterocycles. The van der Waals surface area contributed by atoms with Crippen LogP contribution in [-0.4, -0.2) is 122 Å². The molecule has 13 atom stereocenters. The van der Waals surface area contributed by atoms with E-state index >= 15 is 0 Å². The minimum Gasteiger partial charge on any atom is -0.388 e. The van der Waals surface area contributed by atoms with Gasteiger partial charge in [-0.25, -0.2) is 23.5 Å². The van der Waals surface area contributed by atoms with Gasteiger partial charge in [0.15, 0.2) is 23.9 Å². The lowest BCUT2D eigenvalue weighted by atomic mass is 10.1. The number of amides is 1. The van der Waals surface area contributed by atoms with Gasteiger partial charge in [-0.1, -0.05) is 0 Å². The number of phosphoric acid groups is 2. The second-order valence-corrected chi connectivity index (χ2v) is 13.2. The number of aliphatic hydroxyl groups excluding tert-OH is 2. The van der Waals surface area contributed by atoms with Crippen LogP contribution < -0.4 is 21.7 Å². The average molecular weight is 654 g/mol. The zero-order valence-electron chi connectivity index (χ0n) is 21.9. The summed E-state index contributed by atoms with van der Waals surface area (Å²) in [5.41, 5.74) is 5.81. The molecule has 6 rings (SSSR count). The van der Waals surface area contributed by atoms with Gasteiger partial charge in [-0.2, -0.15) is 0 Å². The number of phosphoric ester groups is 2. The van der Waals surface area contributed by atoms with Crippen molar-refractivity contribution in [3.05, 3.63) is 18.3 Å². The van der Waals surface area contributed by atoms with Crippen LogP contribution in [0.5, 0.6) is 0 Å². The van der Waals surface area contributed by atoms with E-state index in [1.54, 1.807) is 0 Å². The fourth-order valence-corrected chi connectivity index (χ4v) is 7.61. The number of anilines is 1. The van der Waals surface area contributed by atoms with Gasteiger partial charge in [0.05, 0.1) is 31.8 Å². The Morgan fingerprint density at radius 3 is 2.58 bits per heavy atom. The summed E-state index contributed by atoms with van der Waals surface area (Å²) in [5, 5.41) is 29.9. The molecule has 9 N–H and O–H groups in total. The van der Waals surface area contributed by atoms with Crippen molar-refractivity contribution in [2.75, 3.05) is 18.5 Å². The van der Waals surface area contributed by atoms with Crippen LogP contribution in [0.4, 0.5) is 10.2 Å². The standard InChI is InChI=1S/C20H29FN8O12P2/c21-8-2-23-5-24-16(8)26-9-1-7-3-37-42(33,34)41-15-13(31)10(4-38-43(35,36)40-14(7)12(9)30)39-19(15)29-6-25-11-17(29)27-20(22)28-18(11)32/h2,5-7,9-15,17,19-20,27,30-31H,1,3-4,22H2,(H,28,32)(H,33,34)(H,35,36)(H,23,24,26)/t7-,9-,10-,11?,12+,13-,14-,15-,17?,19-,20?/m1/s1. The summed E-state index contributed by atoms with van der Waals surface area (Å²) >= 11 is 0. The van der Waals surface area contributed by atoms with Gasteiger partial charge < -0.3 is 40.3 Å². The van der Waals surface area contributed by atoms with Crippen molar-refractivity contribution in [3.63, 3.8) is 0 Å². The van der Waals surface area contributed by atoms with Crippen LogP contribution in [0.2, 0.25) is 0 Å². The maximum atomic E-state index is 14.1. The zero-order valence-corrected chi connectivity index (χ0v) is 23.7. The molecule has 3 saturated heterocycles. The van der Waals surface area contributed by atoms with Crippen LogP contribution in [0.3, 0.4) is 0 Å². The molecule has 43 heavy (non-hydrogen) atoms. The largest absolute Gasteiger partial charge is 0.472 e. The Hall–Kier alpha value is -2.23. The lowest BCUT2D eigenvalue weighted by molar-refractivity contribution is -0.130. The molecule has 4 fully saturated rings. The van der Waals surface area contributed by atoms with Gasteiger partial charge in [-0.15, -0.1) is 0 Å². The van der Waals surface area contributed by atoms with E-state index in [4.69, 9.17) is 28.6 Å². The summed E-state index contributed by atoms with van der Waals surface area (Å²) in [5.74, 6) is -2.62. The number of nitrogens with one attached hydrogen (secondary N) is 3. The number of halogens is 1. The number of rotatable bonds is 3. The van der Waals surface area contributed by atoms with Crippen LogP contribution in [0.15, 0.2) is 17.5 Å².